The predicted molar refractivity (Wildman–Crippen MR) is 98.9 cm³/mol. The van der Waals surface area contributed by atoms with Crippen molar-refractivity contribution in [2.75, 3.05) is 25.9 Å². The average Bonchev–Trinajstić information content (AvgIpc) is 3.30. The second kappa shape index (κ2) is 6.45. The molecule has 1 saturated heterocycles. The lowest BCUT2D eigenvalue weighted by Crippen LogP contribution is -2.28. The van der Waals surface area contributed by atoms with Crippen LogP contribution in [-0.4, -0.2) is 40.4 Å². The Labute approximate surface area is 149 Å². The van der Waals surface area contributed by atoms with Gasteiger partial charge in [0.15, 0.2) is 11.5 Å². The Bertz CT molecular complexity index is 925. The molecule has 130 valence electrons. The fraction of sp³-hybridized carbons (Fsp3) is 0.353. The molecular weight excluding hydrogens is 336 g/mol. The quantitative estimate of drug-likeness (QED) is 0.666. The normalized spacial score (nSPS) is 17.7. The fourth-order valence-corrected chi connectivity index (χ4v) is 4.13. The summed E-state index contributed by atoms with van der Waals surface area (Å²) in [6, 6.07) is 1.87. The van der Waals surface area contributed by atoms with E-state index in [0.717, 1.165) is 42.2 Å². The van der Waals surface area contributed by atoms with Crippen molar-refractivity contribution in [2.24, 2.45) is 0 Å². The molecule has 1 atom stereocenters. The Morgan fingerprint density at radius 1 is 1.52 bits per heavy atom. The largest absolute Gasteiger partial charge is 0.381 e. The third-order valence-electron chi connectivity index (χ3n) is 4.60. The molecule has 1 amide bonds. The number of nitrogens with zero attached hydrogens (tertiary/aromatic N) is 3. The highest BCUT2D eigenvalue weighted by Gasteiger charge is 2.21. The Balaban J connectivity index is 1.78. The van der Waals surface area contributed by atoms with Crippen molar-refractivity contribution in [1.29, 1.82) is 0 Å². The Hall–Kier alpha value is -2.45. The van der Waals surface area contributed by atoms with E-state index >= 15 is 0 Å². The smallest absolute Gasteiger partial charge is 0.251 e. The van der Waals surface area contributed by atoms with E-state index in [0.29, 0.717) is 22.9 Å². The molecule has 1 fully saturated rings. The number of fused-ring (bicyclic) bond motifs is 1. The molecule has 1 aliphatic heterocycles. The molecule has 0 unspecified atom stereocenters. The molecule has 3 aromatic rings. The number of piperidine rings is 1. The summed E-state index contributed by atoms with van der Waals surface area (Å²) in [6.45, 7) is 2.00. The number of nitrogen functional groups attached to an aromatic ring is 1. The number of amides is 1. The number of carbonyl (C=O) groups is 1. The lowest BCUT2D eigenvalue weighted by atomic mass is 9.97. The molecule has 0 aliphatic carbocycles. The molecule has 0 saturated carbocycles. The van der Waals surface area contributed by atoms with E-state index in [1.165, 1.54) is 11.3 Å². The third kappa shape index (κ3) is 2.87. The molecule has 7 nitrogen and oxygen atoms in total. The van der Waals surface area contributed by atoms with Gasteiger partial charge in [-0.1, -0.05) is 0 Å². The van der Waals surface area contributed by atoms with E-state index in [4.69, 9.17) is 10.7 Å². The molecular formula is C17H20N6OS. The zero-order valence-corrected chi connectivity index (χ0v) is 14.8. The van der Waals surface area contributed by atoms with Gasteiger partial charge in [0.25, 0.3) is 5.91 Å². The van der Waals surface area contributed by atoms with Gasteiger partial charge in [-0.05, 0) is 25.5 Å². The molecule has 0 bridgehead atoms. The van der Waals surface area contributed by atoms with Gasteiger partial charge in [0, 0.05) is 31.1 Å². The molecule has 0 aromatic carbocycles. The molecule has 1 aliphatic rings. The SMILES string of the molecule is CNC(=O)c1csc(-c2cnc(N)c3nc([C@H]4CCCNC4)cn23)c1. The van der Waals surface area contributed by atoms with Gasteiger partial charge >= 0.3 is 0 Å². The third-order valence-corrected chi connectivity index (χ3v) is 5.55. The number of imidazole rings is 1. The number of thiophene rings is 1. The number of anilines is 1. The summed E-state index contributed by atoms with van der Waals surface area (Å²) in [7, 11) is 1.63. The van der Waals surface area contributed by atoms with Crippen molar-refractivity contribution >= 4 is 28.7 Å². The minimum absolute atomic E-state index is 0.0956. The minimum atomic E-state index is -0.0956. The molecule has 4 rings (SSSR count). The molecule has 8 heteroatoms. The molecule has 0 radical (unpaired) electrons. The highest BCUT2D eigenvalue weighted by Crippen LogP contribution is 2.31. The van der Waals surface area contributed by atoms with Crippen LogP contribution in [-0.2, 0) is 0 Å². The van der Waals surface area contributed by atoms with Crippen LogP contribution in [0.1, 0.15) is 34.8 Å². The second-order valence-corrected chi connectivity index (χ2v) is 7.12. The topological polar surface area (TPSA) is 97.3 Å². The van der Waals surface area contributed by atoms with Crippen molar-refractivity contribution in [2.45, 2.75) is 18.8 Å². The van der Waals surface area contributed by atoms with Crippen LogP contribution in [0.3, 0.4) is 0 Å². The van der Waals surface area contributed by atoms with E-state index < -0.39 is 0 Å². The van der Waals surface area contributed by atoms with Crippen LogP contribution in [0.25, 0.3) is 16.2 Å². The highest BCUT2D eigenvalue weighted by molar-refractivity contribution is 7.13. The molecule has 4 N–H and O–H groups in total. The maximum atomic E-state index is 11.8. The maximum Gasteiger partial charge on any atom is 0.251 e. The van der Waals surface area contributed by atoms with Crippen LogP contribution in [0, 0.1) is 0 Å². The lowest BCUT2D eigenvalue weighted by molar-refractivity contribution is 0.0963. The number of hydrogen-bond acceptors (Lipinski definition) is 6. The summed E-state index contributed by atoms with van der Waals surface area (Å²) in [5, 5.41) is 7.91. The average molecular weight is 356 g/mol. The lowest BCUT2D eigenvalue weighted by Gasteiger charge is -2.20. The van der Waals surface area contributed by atoms with Gasteiger partial charge in [-0.25, -0.2) is 9.97 Å². The van der Waals surface area contributed by atoms with Crippen LogP contribution in [0.4, 0.5) is 5.82 Å². The number of nitrogens with two attached hydrogens (primary N) is 1. The molecule has 3 aromatic heterocycles. The zero-order chi connectivity index (χ0) is 17.4. The van der Waals surface area contributed by atoms with Crippen LogP contribution in [0.2, 0.25) is 0 Å². The second-order valence-electron chi connectivity index (χ2n) is 6.21. The van der Waals surface area contributed by atoms with E-state index in [1.807, 2.05) is 15.8 Å². The number of rotatable bonds is 3. The molecule has 4 heterocycles. The number of hydrogen-bond donors (Lipinski definition) is 3. The van der Waals surface area contributed by atoms with Crippen molar-refractivity contribution in [3.8, 4) is 10.6 Å². The first kappa shape index (κ1) is 16.0. The van der Waals surface area contributed by atoms with E-state index in [2.05, 4.69) is 21.8 Å². The highest BCUT2D eigenvalue weighted by atomic mass is 32.1. The Morgan fingerprint density at radius 3 is 3.16 bits per heavy atom. The van der Waals surface area contributed by atoms with Gasteiger partial charge in [-0.2, -0.15) is 0 Å². The summed E-state index contributed by atoms with van der Waals surface area (Å²) in [5.74, 6) is 0.717. The summed E-state index contributed by atoms with van der Waals surface area (Å²) < 4.78 is 1.99. The molecule has 0 spiro atoms. The van der Waals surface area contributed by atoms with Gasteiger partial charge in [-0.15, -0.1) is 11.3 Å². The van der Waals surface area contributed by atoms with Crippen molar-refractivity contribution in [3.63, 3.8) is 0 Å². The van der Waals surface area contributed by atoms with Crippen LogP contribution >= 0.6 is 11.3 Å². The van der Waals surface area contributed by atoms with Gasteiger partial charge in [0.1, 0.15) is 0 Å². The minimum Gasteiger partial charge on any atom is -0.381 e. The van der Waals surface area contributed by atoms with Crippen LogP contribution in [0.15, 0.2) is 23.8 Å². The Morgan fingerprint density at radius 2 is 2.40 bits per heavy atom. The summed E-state index contributed by atoms with van der Waals surface area (Å²) in [6.07, 6.45) is 6.07. The zero-order valence-electron chi connectivity index (χ0n) is 14.0. The van der Waals surface area contributed by atoms with E-state index in [-0.39, 0.29) is 5.91 Å². The van der Waals surface area contributed by atoms with Crippen LogP contribution < -0.4 is 16.4 Å². The van der Waals surface area contributed by atoms with E-state index in [1.54, 1.807) is 13.2 Å². The summed E-state index contributed by atoms with van der Waals surface area (Å²) in [5.41, 5.74) is 9.30. The van der Waals surface area contributed by atoms with Crippen LogP contribution in [0.5, 0.6) is 0 Å². The van der Waals surface area contributed by atoms with Crippen molar-refractivity contribution in [1.82, 2.24) is 25.0 Å². The number of aromatic nitrogens is 3. The fourth-order valence-electron chi connectivity index (χ4n) is 3.23. The summed E-state index contributed by atoms with van der Waals surface area (Å²) in [4.78, 5) is 21.8. The van der Waals surface area contributed by atoms with Crippen molar-refractivity contribution < 1.29 is 4.79 Å². The van der Waals surface area contributed by atoms with Gasteiger partial charge in [-0.3, -0.25) is 9.20 Å². The first-order valence-corrected chi connectivity index (χ1v) is 9.20. The number of nitrogens with one attached hydrogen (secondary N) is 2. The van der Waals surface area contributed by atoms with E-state index in [9.17, 15) is 4.79 Å². The monoisotopic (exact) mass is 356 g/mol. The maximum absolute atomic E-state index is 11.8. The van der Waals surface area contributed by atoms with Crippen molar-refractivity contribution in [3.05, 3.63) is 35.1 Å². The van der Waals surface area contributed by atoms with Gasteiger partial charge in [0.05, 0.1) is 28.0 Å². The number of carbonyl (C=O) groups excluding carboxylic acids is 1. The standard InChI is InChI=1S/C17H20N6OS/c1-19-17(24)11-5-14(25-9-11)13-7-21-15(18)16-22-12(8-23(13)16)10-3-2-4-20-6-10/h5,7-10,20H,2-4,6H2,1H3,(H2,18,21)(H,19,24)/t10-/m0/s1. The van der Waals surface area contributed by atoms with Gasteiger partial charge < -0.3 is 16.4 Å². The Kier molecular flexibility index (Phi) is 4.14. The predicted octanol–water partition coefficient (Wildman–Crippen LogP) is 1.87. The first-order chi connectivity index (χ1) is 12.2. The molecule has 25 heavy (non-hydrogen) atoms. The first-order valence-electron chi connectivity index (χ1n) is 8.32. The summed E-state index contributed by atoms with van der Waals surface area (Å²) >= 11 is 1.51. The van der Waals surface area contributed by atoms with Gasteiger partial charge in [0.2, 0.25) is 0 Å².